The lowest BCUT2D eigenvalue weighted by atomic mass is 10.0. The summed E-state index contributed by atoms with van der Waals surface area (Å²) in [6, 6.07) is 0. The maximum atomic E-state index is 12.4. The molecule has 0 radical (unpaired) electrons. The van der Waals surface area contributed by atoms with Gasteiger partial charge in [-0.15, -0.1) is 0 Å². The van der Waals surface area contributed by atoms with Crippen molar-refractivity contribution < 1.29 is 13.6 Å². The highest BCUT2D eigenvalue weighted by Crippen LogP contribution is 2.25. The summed E-state index contributed by atoms with van der Waals surface area (Å²) in [6.45, 7) is 3.41. The van der Waals surface area contributed by atoms with Crippen molar-refractivity contribution >= 4 is 6.29 Å². The first-order chi connectivity index (χ1) is 4.48. The van der Waals surface area contributed by atoms with E-state index >= 15 is 0 Å². The van der Waals surface area contributed by atoms with Crippen LogP contribution < -0.4 is 0 Å². The monoisotopic (exact) mass is 150 g/mol. The summed E-state index contributed by atoms with van der Waals surface area (Å²) in [7, 11) is 0. The number of carbonyl (C=O) groups excluding carboxylic acids is 1. The topological polar surface area (TPSA) is 17.1 Å². The van der Waals surface area contributed by atoms with Crippen LogP contribution in [0.3, 0.4) is 0 Å². The van der Waals surface area contributed by atoms with Crippen LogP contribution in [0.15, 0.2) is 0 Å². The Labute approximate surface area is 59.4 Å². The van der Waals surface area contributed by atoms with Crippen molar-refractivity contribution in [3.8, 4) is 0 Å². The van der Waals surface area contributed by atoms with E-state index in [2.05, 4.69) is 0 Å². The highest BCUT2D eigenvalue weighted by Gasteiger charge is 2.28. The molecule has 0 bridgehead atoms. The molecule has 0 N–H and O–H groups in total. The number of aldehydes is 1. The van der Waals surface area contributed by atoms with Crippen molar-refractivity contribution in [3.05, 3.63) is 0 Å². The molecule has 60 valence electrons. The number of hydrogen-bond donors (Lipinski definition) is 0. The molecule has 0 aliphatic heterocycles. The molecular weight excluding hydrogens is 138 g/mol. The molecule has 0 aromatic carbocycles. The van der Waals surface area contributed by atoms with Crippen LogP contribution in [0.1, 0.15) is 26.7 Å². The third-order valence-corrected chi connectivity index (χ3v) is 1.09. The molecule has 0 fully saturated rings. The fourth-order valence-corrected chi connectivity index (χ4v) is 0.803. The maximum absolute atomic E-state index is 12.4. The Kier molecular flexibility index (Phi) is 3.47. The molecule has 0 saturated heterocycles. The summed E-state index contributed by atoms with van der Waals surface area (Å²) in [4.78, 5) is 9.72. The van der Waals surface area contributed by atoms with Gasteiger partial charge in [-0.2, -0.15) is 0 Å². The van der Waals surface area contributed by atoms with E-state index in [1.807, 2.05) is 0 Å². The van der Waals surface area contributed by atoms with Gasteiger partial charge in [0.2, 0.25) is 0 Å². The number of halogens is 2. The van der Waals surface area contributed by atoms with Gasteiger partial charge < -0.3 is 4.79 Å². The first kappa shape index (κ1) is 9.53. The average molecular weight is 150 g/mol. The molecule has 0 aromatic heterocycles. The average Bonchev–Trinajstić information content (AvgIpc) is 1.59. The quantitative estimate of drug-likeness (QED) is 0.562. The third-order valence-electron chi connectivity index (χ3n) is 1.09. The molecule has 0 aliphatic rings. The van der Waals surface area contributed by atoms with E-state index in [1.54, 1.807) is 13.8 Å². The van der Waals surface area contributed by atoms with Gasteiger partial charge in [0, 0.05) is 6.42 Å². The van der Waals surface area contributed by atoms with E-state index in [0.717, 1.165) is 0 Å². The van der Waals surface area contributed by atoms with Crippen molar-refractivity contribution in [2.75, 3.05) is 0 Å². The second kappa shape index (κ2) is 3.64. The van der Waals surface area contributed by atoms with Crippen LogP contribution in [-0.2, 0) is 4.79 Å². The zero-order valence-corrected chi connectivity index (χ0v) is 6.23. The van der Waals surface area contributed by atoms with Crippen LogP contribution in [-0.4, -0.2) is 12.2 Å². The molecule has 0 unspecified atom stereocenters. The van der Waals surface area contributed by atoms with Crippen molar-refractivity contribution in [1.82, 2.24) is 0 Å². The minimum absolute atomic E-state index is 0.0602. The molecule has 0 spiro atoms. The van der Waals surface area contributed by atoms with E-state index in [1.165, 1.54) is 0 Å². The summed E-state index contributed by atoms with van der Waals surface area (Å²) in [5.74, 6) is -2.86. The van der Waals surface area contributed by atoms with Crippen molar-refractivity contribution in [3.63, 3.8) is 0 Å². The smallest absolute Gasteiger partial charge is 0.254 e. The van der Waals surface area contributed by atoms with Crippen LogP contribution in [0.2, 0.25) is 0 Å². The molecule has 0 aliphatic carbocycles. The van der Waals surface area contributed by atoms with Gasteiger partial charge in [0.15, 0.2) is 0 Å². The van der Waals surface area contributed by atoms with Crippen molar-refractivity contribution in [2.24, 2.45) is 5.92 Å². The summed E-state index contributed by atoms with van der Waals surface area (Å²) >= 11 is 0. The van der Waals surface area contributed by atoms with Gasteiger partial charge in [0.25, 0.3) is 5.92 Å². The first-order valence-corrected chi connectivity index (χ1v) is 3.29. The van der Waals surface area contributed by atoms with Crippen molar-refractivity contribution in [2.45, 2.75) is 32.6 Å². The minimum Gasteiger partial charge on any atom is -0.303 e. The molecule has 10 heavy (non-hydrogen) atoms. The van der Waals surface area contributed by atoms with Gasteiger partial charge in [-0.05, 0) is 5.92 Å². The lowest BCUT2D eigenvalue weighted by Crippen LogP contribution is -2.18. The molecular formula is C7H12F2O. The summed E-state index contributed by atoms with van der Waals surface area (Å²) in [5.41, 5.74) is 0. The van der Waals surface area contributed by atoms with E-state index in [9.17, 15) is 13.6 Å². The summed E-state index contributed by atoms with van der Waals surface area (Å²) < 4.78 is 24.9. The second-order valence-electron chi connectivity index (χ2n) is 2.82. The molecule has 0 aromatic rings. The molecule has 0 rings (SSSR count). The first-order valence-electron chi connectivity index (χ1n) is 3.29. The Morgan fingerprint density at radius 1 is 1.50 bits per heavy atom. The normalized spacial score (nSPS) is 12.1. The fourth-order valence-electron chi connectivity index (χ4n) is 0.803. The van der Waals surface area contributed by atoms with Gasteiger partial charge in [0.1, 0.15) is 6.29 Å². The zero-order valence-electron chi connectivity index (χ0n) is 6.23. The van der Waals surface area contributed by atoms with Crippen molar-refractivity contribution in [1.29, 1.82) is 0 Å². The van der Waals surface area contributed by atoms with Crippen LogP contribution in [0.4, 0.5) is 8.78 Å². The standard InChI is InChI=1S/C7H12F2O/c1-6(2)5-7(8,9)3-4-10/h4,6H,3,5H2,1-2H3. The Morgan fingerprint density at radius 2 is 2.00 bits per heavy atom. The Bertz CT molecular complexity index is 110. The highest BCUT2D eigenvalue weighted by atomic mass is 19.3. The number of hydrogen-bond acceptors (Lipinski definition) is 1. The van der Waals surface area contributed by atoms with E-state index in [-0.39, 0.29) is 18.6 Å². The Balaban J connectivity index is 3.73. The summed E-state index contributed by atoms with van der Waals surface area (Å²) in [6.07, 6.45) is -0.584. The number of rotatable bonds is 4. The molecule has 0 heterocycles. The predicted molar refractivity (Wildman–Crippen MR) is 35.1 cm³/mol. The van der Waals surface area contributed by atoms with Crippen LogP contribution in [0.25, 0.3) is 0 Å². The third kappa shape index (κ3) is 4.41. The second-order valence-corrected chi connectivity index (χ2v) is 2.82. The van der Waals surface area contributed by atoms with Crippen LogP contribution >= 0.6 is 0 Å². The highest BCUT2D eigenvalue weighted by molar-refractivity contribution is 5.50. The number of carbonyl (C=O) groups is 1. The van der Waals surface area contributed by atoms with Gasteiger partial charge in [-0.25, -0.2) is 8.78 Å². The van der Waals surface area contributed by atoms with E-state index < -0.39 is 12.3 Å². The molecule has 3 heteroatoms. The van der Waals surface area contributed by atoms with Crippen LogP contribution in [0, 0.1) is 5.92 Å². The zero-order chi connectivity index (χ0) is 8.20. The fraction of sp³-hybridized carbons (Fsp3) is 0.857. The minimum atomic E-state index is -2.80. The lowest BCUT2D eigenvalue weighted by molar-refractivity contribution is -0.115. The lowest BCUT2D eigenvalue weighted by Gasteiger charge is -2.14. The maximum Gasteiger partial charge on any atom is 0.254 e. The van der Waals surface area contributed by atoms with Gasteiger partial charge in [-0.1, -0.05) is 13.8 Å². The largest absolute Gasteiger partial charge is 0.303 e. The number of alkyl halides is 2. The Hall–Kier alpha value is -0.470. The molecule has 0 atom stereocenters. The summed E-state index contributed by atoms with van der Waals surface area (Å²) in [5, 5.41) is 0. The van der Waals surface area contributed by atoms with E-state index in [0.29, 0.717) is 0 Å². The Morgan fingerprint density at radius 3 is 2.30 bits per heavy atom. The molecule has 0 amide bonds. The van der Waals surface area contributed by atoms with Gasteiger partial charge in [0.05, 0.1) is 6.42 Å². The SMILES string of the molecule is CC(C)CC(F)(F)CC=O. The molecule has 1 nitrogen and oxygen atoms in total. The van der Waals surface area contributed by atoms with Gasteiger partial charge >= 0.3 is 0 Å². The molecule has 0 saturated carbocycles. The van der Waals surface area contributed by atoms with Crippen LogP contribution in [0.5, 0.6) is 0 Å². The predicted octanol–water partition coefficient (Wildman–Crippen LogP) is 2.26. The van der Waals surface area contributed by atoms with E-state index in [4.69, 9.17) is 0 Å². The van der Waals surface area contributed by atoms with Gasteiger partial charge in [-0.3, -0.25) is 0 Å².